The van der Waals surface area contributed by atoms with Crippen molar-refractivity contribution >= 4 is 45.0 Å². The van der Waals surface area contributed by atoms with Crippen molar-refractivity contribution in [3.63, 3.8) is 0 Å². The Kier molecular flexibility index (Phi) is 11.9. The Morgan fingerprint density at radius 1 is 1.13 bits per heavy atom. The summed E-state index contributed by atoms with van der Waals surface area (Å²) in [6.07, 6.45) is 5.35. The molecular weight excluding hydrogens is 720 g/mol. The van der Waals surface area contributed by atoms with Crippen molar-refractivity contribution in [3.05, 3.63) is 41.7 Å². The zero-order chi connectivity index (χ0) is 38.7. The zero-order valence-corrected chi connectivity index (χ0v) is 30.2. The first-order chi connectivity index (χ1) is 24.9. The van der Waals surface area contributed by atoms with Crippen LogP contribution in [0.3, 0.4) is 0 Å². The van der Waals surface area contributed by atoms with Gasteiger partial charge in [0.25, 0.3) is 17.7 Å². The van der Waals surface area contributed by atoms with E-state index in [2.05, 4.69) is 20.6 Å². The number of ether oxygens (including phenoxy) is 1. The zero-order valence-electron chi connectivity index (χ0n) is 29.4. The lowest BCUT2D eigenvalue weighted by atomic mass is 9.84. The standard InChI is InChI=1S/C34H43F2N7O9S/c1-33(2,49)26-18-38-41-43(26)22-17-25(30(47)40-34(27(44)28(37)45)11-13-52-14-12-34)42(19-22)31(48)24(15-20-7-4-3-5-8-20)39-29(46)21-9-6-10-23(16-21)53(50,51)32(35)36/h6,9-10,16,18,20,22,25,32,49H,3-5,7-8,11-15,17,19H2,1-2H3,(H2,37,45)(H,40,47)/t22-,25-/m0/s1. The molecule has 16 nitrogen and oxygen atoms in total. The molecule has 2 aromatic rings. The van der Waals surface area contributed by atoms with Gasteiger partial charge in [-0.15, -0.1) is 5.10 Å². The molecule has 1 saturated carbocycles. The minimum absolute atomic E-state index is 0.0226. The molecule has 4 N–H and O–H groups in total. The Balaban J connectivity index is 1.55. The van der Waals surface area contributed by atoms with Crippen LogP contribution in [0.15, 0.2) is 40.4 Å². The van der Waals surface area contributed by atoms with Crippen LogP contribution in [-0.2, 0) is 39.4 Å². The molecule has 0 radical (unpaired) electrons. The van der Waals surface area contributed by atoms with Crippen LogP contribution < -0.4 is 11.1 Å². The maximum absolute atomic E-state index is 14.6. The second kappa shape index (κ2) is 15.9. The van der Waals surface area contributed by atoms with E-state index in [0.29, 0.717) is 0 Å². The van der Waals surface area contributed by atoms with E-state index in [4.69, 9.17) is 10.5 Å². The number of Topliss-reactive ketones (excluding diaryl/α,β-unsaturated/α-hetero) is 1. The molecule has 288 valence electrons. The molecular formula is C34H43F2N7O9S. The number of hydrogen-bond donors (Lipinski definition) is 3. The summed E-state index contributed by atoms with van der Waals surface area (Å²) in [6, 6.07) is 1.95. The predicted octanol–water partition coefficient (Wildman–Crippen LogP) is 1.62. The van der Waals surface area contributed by atoms with Crippen LogP contribution in [0, 0.1) is 5.92 Å². The molecule has 3 aliphatic rings. The van der Waals surface area contributed by atoms with Crippen LogP contribution >= 0.6 is 0 Å². The summed E-state index contributed by atoms with van der Waals surface area (Å²) in [5.74, 6) is -8.74. The van der Waals surface area contributed by atoms with Crippen LogP contribution in [0.1, 0.15) is 93.7 Å². The lowest BCUT2D eigenvalue weighted by Gasteiger charge is -2.37. The van der Waals surface area contributed by atoms with Gasteiger partial charge in [0.1, 0.15) is 22.9 Å². The van der Waals surface area contributed by atoms with E-state index < -0.39 is 73.1 Å². The molecule has 5 rings (SSSR count). The number of alkyl halides is 2. The number of benzene rings is 1. The molecule has 2 atom stereocenters. The highest BCUT2D eigenvalue weighted by atomic mass is 32.2. The first-order valence-corrected chi connectivity index (χ1v) is 18.9. The normalized spacial score (nSPS) is 21.4. The molecule has 1 aromatic heterocycles. The second-order valence-electron chi connectivity index (χ2n) is 14.3. The van der Waals surface area contributed by atoms with Crippen LogP contribution in [0.2, 0.25) is 0 Å². The summed E-state index contributed by atoms with van der Waals surface area (Å²) in [6.45, 7) is 2.93. The Bertz CT molecular complexity index is 1880. The SMILES string of the molecule is CC(C)(O)c1cnnn1[C@H]1C[C@@H](C(=O)NC2(C(=O)C(N)=O)CCOCC2)N(C(=O)C(CC2CCCCC2)=NC(=O)c2cccc(S(=O)(=O)C(F)F)c2)C1. The number of primary amides is 1. The molecule has 0 spiro atoms. The fraction of sp³-hybridized carbons (Fsp3) is 0.588. The molecule has 0 bridgehead atoms. The summed E-state index contributed by atoms with van der Waals surface area (Å²) in [5, 5.41) is 21.5. The van der Waals surface area contributed by atoms with Gasteiger partial charge in [0, 0.05) is 44.6 Å². The van der Waals surface area contributed by atoms with Crippen molar-refractivity contribution in [2.75, 3.05) is 19.8 Å². The Morgan fingerprint density at radius 2 is 1.81 bits per heavy atom. The Labute approximate surface area is 304 Å². The van der Waals surface area contributed by atoms with E-state index in [9.17, 15) is 46.3 Å². The van der Waals surface area contributed by atoms with Gasteiger partial charge < -0.3 is 25.8 Å². The van der Waals surface area contributed by atoms with Crippen LogP contribution in [-0.4, -0.2) is 106 Å². The summed E-state index contributed by atoms with van der Waals surface area (Å²) in [5.41, 5.74) is 1.94. The van der Waals surface area contributed by atoms with Gasteiger partial charge in [0.2, 0.25) is 21.5 Å². The van der Waals surface area contributed by atoms with Gasteiger partial charge in [-0.25, -0.2) is 18.1 Å². The van der Waals surface area contributed by atoms with Crippen molar-refractivity contribution in [1.29, 1.82) is 0 Å². The minimum Gasteiger partial charge on any atom is -0.384 e. The average Bonchev–Trinajstić information content (AvgIpc) is 3.80. The predicted molar refractivity (Wildman–Crippen MR) is 182 cm³/mol. The van der Waals surface area contributed by atoms with E-state index in [-0.39, 0.29) is 68.3 Å². The molecule has 53 heavy (non-hydrogen) atoms. The maximum atomic E-state index is 14.6. The maximum Gasteiger partial charge on any atom is 0.341 e. The highest BCUT2D eigenvalue weighted by molar-refractivity contribution is 7.91. The van der Waals surface area contributed by atoms with E-state index in [0.717, 1.165) is 50.3 Å². The van der Waals surface area contributed by atoms with Gasteiger partial charge in [0.15, 0.2) is 0 Å². The van der Waals surface area contributed by atoms with Crippen molar-refractivity contribution in [3.8, 4) is 0 Å². The molecule has 2 saturated heterocycles. The highest BCUT2D eigenvalue weighted by Gasteiger charge is 2.49. The summed E-state index contributed by atoms with van der Waals surface area (Å²) in [4.78, 5) is 72.1. The number of likely N-dealkylation sites (tertiary alicyclic amines) is 1. The summed E-state index contributed by atoms with van der Waals surface area (Å²) in [7, 11) is -5.05. The lowest BCUT2D eigenvalue weighted by molar-refractivity contribution is -0.146. The van der Waals surface area contributed by atoms with Crippen LogP contribution in [0.5, 0.6) is 0 Å². The fourth-order valence-electron chi connectivity index (χ4n) is 7.21. The Hall–Kier alpha value is -4.49. The second-order valence-corrected chi connectivity index (χ2v) is 16.2. The van der Waals surface area contributed by atoms with Crippen molar-refractivity contribution in [2.24, 2.45) is 16.6 Å². The number of aliphatic imine (C=N–C) groups is 1. The number of nitrogens with zero attached hydrogens (tertiary/aromatic N) is 5. The van der Waals surface area contributed by atoms with Crippen LogP contribution in [0.4, 0.5) is 8.78 Å². The molecule has 19 heteroatoms. The van der Waals surface area contributed by atoms with Gasteiger partial charge in [0.05, 0.1) is 22.8 Å². The van der Waals surface area contributed by atoms with Crippen molar-refractivity contribution < 1.29 is 51.0 Å². The number of sulfone groups is 1. The number of halogens is 2. The number of ketones is 1. The van der Waals surface area contributed by atoms with Gasteiger partial charge in [-0.3, -0.25) is 24.0 Å². The van der Waals surface area contributed by atoms with Crippen LogP contribution in [0.25, 0.3) is 0 Å². The summed E-state index contributed by atoms with van der Waals surface area (Å²) >= 11 is 0. The molecule has 3 heterocycles. The smallest absolute Gasteiger partial charge is 0.341 e. The highest BCUT2D eigenvalue weighted by Crippen LogP contribution is 2.34. The lowest BCUT2D eigenvalue weighted by Crippen LogP contribution is -2.63. The number of nitrogens with two attached hydrogens (primary N) is 1. The van der Waals surface area contributed by atoms with E-state index in [1.165, 1.54) is 35.7 Å². The molecule has 3 fully saturated rings. The van der Waals surface area contributed by atoms with Gasteiger partial charge in [-0.1, -0.05) is 43.4 Å². The van der Waals surface area contributed by atoms with Gasteiger partial charge >= 0.3 is 5.76 Å². The third-order valence-corrected chi connectivity index (χ3v) is 11.5. The average molecular weight is 764 g/mol. The number of carbonyl (C=O) groups excluding carboxylic acids is 5. The third-order valence-electron chi connectivity index (χ3n) is 10.1. The number of hydrogen-bond acceptors (Lipinski definition) is 11. The number of rotatable bonds is 12. The largest absolute Gasteiger partial charge is 0.384 e. The van der Waals surface area contributed by atoms with Gasteiger partial charge in [-0.2, -0.15) is 8.78 Å². The number of aliphatic hydroxyl groups is 1. The van der Waals surface area contributed by atoms with E-state index >= 15 is 0 Å². The molecule has 2 aliphatic heterocycles. The topological polar surface area (TPSA) is 233 Å². The third kappa shape index (κ3) is 8.67. The minimum atomic E-state index is -5.05. The van der Waals surface area contributed by atoms with Gasteiger partial charge in [-0.05, 0) is 44.4 Å². The first kappa shape index (κ1) is 39.7. The van der Waals surface area contributed by atoms with Crippen molar-refractivity contribution in [1.82, 2.24) is 25.2 Å². The number of carbonyl (C=O) groups is 5. The van der Waals surface area contributed by atoms with E-state index in [1.54, 1.807) is 0 Å². The summed E-state index contributed by atoms with van der Waals surface area (Å²) < 4.78 is 57.7. The monoisotopic (exact) mass is 763 g/mol. The molecule has 4 amide bonds. The number of nitrogens with one attached hydrogen (secondary N) is 1. The quantitative estimate of drug-likeness (QED) is 0.208. The molecule has 0 unspecified atom stereocenters. The Morgan fingerprint density at radius 3 is 2.43 bits per heavy atom. The molecule has 1 aliphatic carbocycles. The number of amides is 4. The molecule has 1 aromatic carbocycles. The van der Waals surface area contributed by atoms with Crippen molar-refractivity contribution in [2.45, 2.75) is 106 Å². The first-order valence-electron chi connectivity index (χ1n) is 17.4. The fourth-order valence-corrected chi connectivity index (χ4v) is 7.97. The number of aromatic nitrogens is 3. The van der Waals surface area contributed by atoms with E-state index in [1.807, 2.05) is 0 Å².